The summed E-state index contributed by atoms with van der Waals surface area (Å²) in [5.74, 6) is 0.402. The second-order valence-electron chi connectivity index (χ2n) is 7.61. The minimum absolute atomic E-state index is 0.0133. The molecule has 0 unspecified atom stereocenters. The fourth-order valence-corrected chi connectivity index (χ4v) is 3.83. The number of nitro benzene ring substituents is 1. The summed E-state index contributed by atoms with van der Waals surface area (Å²) in [6.45, 7) is 3.93. The molecule has 2 aliphatic rings. The smallest absolute Gasteiger partial charge is 0.270 e. The summed E-state index contributed by atoms with van der Waals surface area (Å²) in [6.07, 6.45) is 4.65. The molecule has 1 amide bonds. The van der Waals surface area contributed by atoms with Crippen LogP contribution in [0.3, 0.4) is 0 Å². The van der Waals surface area contributed by atoms with Crippen LogP contribution in [0.5, 0.6) is 0 Å². The van der Waals surface area contributed by atoms with Gasteiger partial charge in [0.15, 0.2) is 0 Å². The molecule has 1 aromatic rings. The molecular weight excluding hydrogens is 334 g/mol. The van der Waals surface area contributed by atoms with Gasteiger partial charge in [-0.25, -0.2) is 0 Å². The van der Waals surface area contributed by atoms with E-state index in [0.717, 1.165) is 44.5 Å². The average molecular weight is 361 g/mol. The summed E-state index contributed by atoms with van der Waals surface area (Å²) >= 11 is 0. The second-order valence-corrected chi connectivity index (χ2v) is 7.61. The molecule has 0 spiro atoms. The molecule has 2 fully saturated rings. The molecule has 1 saturated heterocycles. The maximum atomic E-state index is 12.9. The molecule has 1 aliphatic carbocycles. The summed E-state index contributed by atoms with van der Waals surface area (Å²) in [4.78, 5) is 25.7. The van der Waals surface area contributed by atoms with Crippen molar-refractivity contribution in [2.75, 3.05) is 18.0 Å². The molecule has 0 aromatic heterocycles. The normalized spacial score (nSPS) is 24.3. The third-order valence-corrected chi connectivity index (χ3v) is 5.59. The lowest BCUT2D eigenvalue weighted by Crippen LogP contribution is -2.40. The third kappa shape index (κ3) is 4.33. The van der Waals surface area contributed by atoms with Gasteiger partial charge in [-0.3, -0.25) is 14.9 Å². The van der Waals surface area contributed by atoms with Crippen LogP contribution in [0.25, 0.3) is 0 Å². The standard InChI is InChI=1S/C19H27N3O4/c1-13-8-10-21(11-9-13)18-7-4-15(22(25)26)12-17(18)19(24)20-14-2-5-16(23)6-3-14/h4,7,12-14,16,23H,2-3,5-6,8-11H2,1H3,(H,20,24). The van der Waals surface area contributed by atoms with E-state index >= 15 is 0 Å². The molecule has 26 heavy (non-hydrogen) atoms. The summed E-state index contributed by atoms with van der Waals surface area (Å²) in [5, 5.41) is 23.8. The Balaban J connectivity index is 1.81. The largest absolute Gasteiger partial charge is 0.393 e. The van der Waals surface area contributed by atoms with Crippen molar-refractivity contribution in [3.63, 3.8) is 0 Å². The number of carbonyl (C=O) groups is 1. The maximum absolute atomic E-state index is 12.9. The Hall–Kier alpha value is -2.15. The Morgan fingerprint density at radius 3 is 2.46 bits per heavy atom. The fourth-order valence-electron chi connectivity index (χ4n) is 3.83. The number of amides is 1. The first-order valence-electron chi connectivity index (χ1n) is 9.46. The van der Waals surface area contributed by atoms with E-state index in [0.29, 0.717) is 24.3 Å². The van der Waals surface area contributed by atoms with Gasteiger partial charge in [0, 0.05) is 31.3 Å². The number of aliphatic hydroxyl groups is 1. The molecule has 0 bridgehead atoms. The van der Waals surface area contributed by atoms with Crippen LogP contribution < -0.4 is 10.2 Å². The molecule has 7 nitrogen and oxygen atoms in total. The Bertz CT molecular complexity index is 663. The van der Waals surface area contributed by atoms with Crippen molar-refractivity contribution in [3.8, 4) is 0 Å². The number of hydrogen-bond donors (Lipinski definition) is 2. The highest BCUT2D eigenvalue weighted by atomic mass is 16.6. The molecule has 1 aliphatic heterocycles. The predicted molar refractivity (Wildman–Crippen MR) is 99.4 cm³/mol. The summed E-state index contributed by atoms with van der Waals surface area (Å²) in [5.41, 5.74) is 1.08. The molecule has 7 heteroatoms. The monoisotopic (exact) mass is 361 g/mol. The Labute approximate surface area is 153 Å². The minimum Gasteiger partial charge on any atom is -0.393 e. The van der Waals surface area contributed by atoms with Crippen LogP contribution in [0.2, 0.25) is 0 Å². The van der Waals surface area contributed by atoms with E-state index in [1.807, 2.05) is 0 Å². The van der Waals surface area contributed by atoms with E-state index < -0.39 is 4.92 Å². The van der Waals surface area contributed by atoms with E-state index in [9.17, 15) is 20.0 Å². The zero-order chi connectivity index (χ0) is 18.7. The van der Waals surface area contributed by atoms with Gasteiger partial charge < -0.3 is 15.3 Å². The fraction of sp³-hybridized carbons (Fsp3) is 0.632. The number of nitrogens with zero attached hydrogens (tertiary/aromatic N) is 2. The van der Waals surface area contributed by atoms with Crippen molar-refractivity contribution in [2.45, 2.75) is 57.6 Å². The average Bonchev–Trinajstić information content (AvgIpc) is 2.63. The molecule has 2 N–H and O–H groups in total. The molecule has 1 saturated carbocycles. The van der Waals surface area contributed by atoms with Crippen molar-refractivity contribution >= 4 is 17.3 Å². The number of piperidine rings is 1. The van der Waals surface area contributed by atoms with E-state index in [1.165, 1.54) is 12.1 Å². The zero-order valence-electron chi connectivity index (χ0n) is 15.2. The van der Waals surface area contributed by atoms with Gasteiger partial charge in [0.25, 0.3) is 11.6 Å². The van der Waals surface area contributed by atoms with Gasteiger partial charge in [-0.15, -0.1) is 0 Å². The summed E-state index contributed by atoms with van der Waals surface area (Å²) in [6, 6.07) is 4.58. The number of carbonyl (C=O) groups excluding carboxylic acids is 1. The molecular formula is C19H27N3O4. The Morgan fingerprint density at radius 1 is 1.19 bits per heavy atom. The molecule has 1 aromatic carbocycles. The zero-order valence-corrected chi connectivity index (χ0v) is 15.2. The van der Waals surface area contributed by atoms with Gasteiger partial charge in [-0.05, 0) is 50.5 Å². The van der Waals surface area contributed by atoms with Crippen molar-refractivity contribution in [1.82, 2.24) is 5.32 Å². The lowest BCUT2D eigenvalue weighted by Gasteiger charge is -2.33. The van der Waals surface area contributed by atoms with Gasteiger partial charge >= 0.3 is 0 Å². The third-order valence-electron chi connectivity index (χ3n) is 5.59. The first-order chi connectivity index (χ1) is 12.4. The topological polar surface area (TPSA) is 95.7 Å². The van der Waals surface area contributed by atoms with Crippen LogP contribution in [0.1, 0.15) is 55.8 Å². The van der Waals surface area contributed by atoms with Gasteiger partial charge in [0.05, 0.1) is 22.3 Å². The SMILES string of the molecule is CC1CCN(c2ccc([N+](=O)[O-])cc2C(=O)NC2CCC(O)CC2)CC1. The maximum Gasteiger partial charge on any atom is 0.270 e. The predicted octanol–water partition coefficient (Wildman–Crippen LogP) is 2.86. The van der Waals surface area contributed by atoms with Gasteiger partial charge in [-0.2, -0.15) is 0 Å². The molecule has 142 valence electrons. The number of rotatable bonds is 4. The van der Waals surface area contributed by atoms with Crippen molar-refractivity contribution in [2.24, 2.45) is 5.92 Å². The number of benzene rings is 1. The van der Waals surface area contributed by atoms with E-state index in [-0.39, 0.29) is 23.7 Å². The van der Waals surface area contributed by atoms with Crippen molar-refractivity contribution in [1.29, 1.82) is 0 Å². The first kappa shape index (κ1) is 18.6. The van der Waals surface area contributed by atoms with Gasteiger partial charge in [0.1, 0.15) is 0 Å². The highest BCUT2D eigenvalue weighted by molar-refractivity contribution is 6.00. The molecule has 0 atom stereocenters. The minimum atomic E-state index is -0.462. The lowest BCUT2D eigenvalue weighted by atomic mass is 9.93. The Morgan fingerprint density at radius 2 is 1.85 bits per heavy atom. The molecule has 1 heterocycles. The number of non-ortho nitro benzene ring substituents is 1. The van der Waals surface area contributed by atoms with Crippen molar-refractivity contribution in [3.05, 3.63) is 33.9 Å². The van der Waals surface area contributed by atoms with Gasteiger partial charge in [-0.1, -0.05) is 6.92 Å². The highest BCUT2D eigenvalue weighted by Crippen LogP contribution is 2.30. The van der Waals surface area contributed by atoms with E-state index in [4.69, 9.17) is 0 Å². The van der Waals surface area contributed by atoms with Crippen molar-refractivity contribution < 1.29 is 14.8 Å². The first-order valence-corrected chi connectivity index (χ1v) is 9.46. The van der Waals surface area contributed by atoms with Crippen LogP contribution >= 0.6 is 0 Å². The van der Waals surface area contributed by atoms with E-state index in [1.54, 1.807) is 6.07 Å². The van der Waals surface area contributed by atoms with E-state index in [2.05, 4.69) is 17.1 Å². The summed E-state index contributed by atoms with van der Waals surface area (Å²) < 4.78 is 0. The van der Waals surface area contributed by atoms with Gasteiger partial charge in [0.2, 0.25) is 0 Å². The number of nitro groups is 1. The quantitative estimate of drug-likeness (QED) is 0.635. The lowest BCUT2D eigenvalue weighted by molar-refractivity contribution is -0.384. The van der Waals surface area contributed by atoms with Crippen LogP contribution in [-0.2, 0) is 0 Å². The Kier molecular flexibility index (Phi) is 5.76. The number of hydrogen-bond acceptors (Lipinski definition) is 5. The highest BCUT2D eigenvalue weighted by Gasteiger charge is 2.26. The molecule has 0 radical (unpaired) electrons. The van der Waals surface area contributed by atoms with Crippen LogP contribution in [0.4, 0.5) is 11.4 Å². The number of nitrogens with one attached hydrogen (secondary N) is 1. The van der Waals surface area contributed by atoms with Crippen LogP contribution in [0, 0.1) is 16.0 Å². The number of aliphatic hydroxyl groups excluding tert-OH is 1. The van der Waals surface area contributed by atoms with Crippen LogP contribution in [-0.4, -0.2) is 41.2 Å². The molecule has 3 rings (SSSR count). The summed E-state index contributed by atoms with van der Waals surface area (Å²) in [7, 11) is 0. The number of anilines is 1. The second kappa shape index (κ2) is 8.03. The van der Waals surface area contributed by atoms with Crippen LogP contribution in [0.15, 0.2) is 18.2 Å².